The number of anilines is 1. The van der Waals surface area contributed by atoms with E-state index in [9.17, 15) is 0 Å². The lowest BCUT2D eigenvalue weighted by Gasteiger charge is -2.19. The van der Waals surface area contributed by atoms with Crippen molar-refractivity contribution in [1.82, 2.24) is 10.3 Å². The Morgan fingerprint density at radius 1 is 1.35 bits per heavy atom. The van der Waals surface area contributed by atoms with E-state index in [1.54, 1.807) is 6.26 Å². The SMILES string of the molecule is Cc1cc(CNC(C)C)cc(N(C)Cc2ccco2)n1. The van der Waals surface area contributed by atoms with Crippen LogP contribution in [0.15, 0.2) is 34.9 Å². The summed E-state index contributed by atoms with van der Waals surface area (Å²) in [6.07, 6.45) is 1.70. The number of nitrogens with zero attached hydrogens (tertiary/aromatic N) is 2. The van der Waals surface area contributed by atoms with Crippen molar-refractivity contribution in [1.29, 1.82) is 0 Å². The molecule has 0 bridgehead atoms. The summed E-state index contributed by atoms with van der Waals surface area (Å²) in [4.78, 5) is 6.70. The van der Waals surface area contributed by atoms with Crippen molar-refractivity contribution in [2.24, 2.45) is 0 Å². The zero-order chi connectivity index (χ0) is 14.5. The second kappa shape index (κ2) is 6.57. The molecule has 0 saturated heterocycles. The lowest BCUT2D eigenvalue weighted by Crippen LogP contribution is -2.23. The topological polar surface area (TPSA) is 41.3 Å². The lowest BCUT2D eigenvalue weighted by atomic mass is 10.2. The second-order valence-corrected chi connectivity index (χ2v) is 5.45. The minimum Gasteiger partial charge on any atom is -0.467 e. The Morgan fingerprint density at radius 2 is 2.15 bits per heavy atom. The molecule has 108 valence electrons. The van der Waals surface area contributed by atoms with E-state index in [1.165, 1.54) is 5.56 Å². The van der Waals surface area contributed by atoms with Crippen LogP contribution < -0.4 is 10.2 Å². The van der Waals surface area contributed by atoms with Crippen molar-refractivity contribution in [3.63, 3.8) is 0 Å². The summed E-state index contributed by atoms with van der Waals surface area (Å²) in [5, 5.41) is 3.44. The molecule has 2 aromatic heterocycles. The van der Waals surface area contributed by atoms with Crippen LogP contribution in [0.2, 0.25) is 0 Å². The number of rotatable bonds is 6. The molecule has 20 heavy (non-hydrogen) atoms. The average molecular weight is 273 g/mol. The van der Waals surface area contributed by atoms with Crippen molar-refractivity contribution >= 4 is 5.82 Å². The van der Waals surface area contributed by atoms with Crippen molar-refractivity contribution in [2.45, 2.75) is 39.9 Å². The molecule has 0 atom stereocenters. The van der Waals surface area contributed by atoms with Crippen LogP contribution in [0, 0.1) is 6.92 Å². The van der Waals surface area contributed by atoms with Gasteiger partial charge in [-0.3, -0.25) is 0 Å². The predicted octanol–water partition coefficient (Wildman–Crippen LogP) is 3.12. The summed E-state index contributed by atoms with van der Waals surface area (Å²) < 4.78 is 5.38. The predicted molar refractivity (Wildman–Crippen MR) is 81.8 cm³/mol. The lowest BCUT2D eigenvalue weighted by molar-refractivity contribution is 0.507. The first kappa shape index (κ1) is 14.6. The third-order valence-electron chi connectivity index (χ3n) is 3.08. The summed E-state index contributed by atoms with van der Waals surface area (Å²) in [7, 11) is 2.03. The molecular formula is C16H23N3O. The zero-order valence-corrected chi connectivity index (χ0v) is 12.7. The Labute approximate surface area is 120 Å². The molecule has 2 aromatic rings. The molecule has 2 heterocycles. The molecule has 0 unspecified atom stereocenters. The molecule has 0 amide bonds. The van der Waals surface area contributed by atoms with Crippen molar-refractivity contribution in [2.75, 3.05) is 11.9 Å². The maximum absolute atomic E-state index is 5.38. The van der Waals surface area contributed by atoms with Gasteiger partial charge in [0.15, 0.2) is 0 Å². The molecule has 1 N–H and O–H groups in total. The van der Waals surface area contributed by atoms with Gasteiger partial charge >= 0.3 is 0 Å². The number of pyridine rings is 1. The summed E-state index contributed by atoms with van der Waals surface area (Å²) >= 11 is 0. The Balaban J connectivity index is 2.10. The molecule has 0 saturated carbocycles. The van der Waals surface area contributed by atoms with E-state index in [0.29, 0.717) is 6.04 Å². The number of nitrogens with one attached hydrogen (secondary N) is 1. The maximum Gasteiger partial charge on any atom is 0.129 e. The minimum atomic E-state index is 0.479. The fraction of sp³-hybridized carbons (Fsp3) is 0.438. The van der Waals surface area contributed by atoms with Crippen LogP contribution in [-0.4, -0.2) is 18.1 Å². The van der Waals surface area contributed by atoms with Gasteiger partial charge in [0.25, 0.3) is 0 Å². The van der Waals surface area contributed by atoms with Gasteiger partial charge in [0, 0.05) is 25.3 Å². The molecule has 0 radical (unpaired) electrons. The first-order valence-electron chi connectivity index (χ1n) is 6.99. The molecule has 2 rings (SSSR count). The van der Waals surface area contributed by atoms with Crippen LogP contribution in [0.5, 0.6) is 0 Å². The summed E-state index contributed by atoms with van der Waals surface area (Å²) in [6, 6.07) is 8.62. The molecule has 0 spiro atoms. The van der Waals surface area contributed by atoms with E-state index >= 15 is 0 Å². The summed E-state index contributed by atoms with van der Waals surface area (Å²) in [5.74, 6) is 1.92. The minimum absolute atomic E-state index is 0.479. The molecular weight excluding hydrogens is 250 g/mol. The van der Waals surface area contributed by atoms with Crippen LogP contribution in [0.3, 0.4) is 0 Å². The molecule has 0 aliphatic rings. The highest BCUT2D eigenvalue weighted by Gasteiger charge is 2.08. The number of hydrogen-bond donors (Lipinski definition) is 1. The molecule has 0 aromatic carbocycles. The van der Waals surface area contributed by atoms with Gasteiger partial charge in [-0.05, 0) is 36.8 Å². The Kier molecular flexibility index (Phi) is 4.79. The first-order chi connectivity index (χ1) is 9.54. The smallest absolute Gasteiger partial charge is 0.129 e. The highest BCUT2D eigenvalue weighted by Crippen LogP contribution is 2.16. The van der Waals surface area contributed by atoms with Gasteiger partial charge in [-0.15, -0.1) is 0 Å². The Bertz CT molecular complexity index is 535. The molecule has 0 aliphatic carbocycles. The largest absolute Gasteiger partial charge is 0.467 e. The van der Waals surface area contributed by atoms with Crippen LogP contribution in [-0.2, 0) is 13.1 Å². The van der Waals surface area contributed by atoms with Gasteiger partial charge in [-0.2, -0.15) is 0 Å². The highest BCUT2D eigenvalue weighted by molar-refractivity contribution is 5.42. The van der Waals surface area contributed by atoms with E-state index in [-0.39, 0.29) is 0 Å². The molecule has 0 aliphatic heterocycles. The maximum atomic E-state index is 5.38. The van der Waals surface area contributed by atoms with Crippen LogP contribution >= 0.6 is 0 Å². The van der Waals surface area contributed by atoms with Crippen LogP contribution in [0.1, 0.15) is 30.9 Å². The van der Waals surface area contributed by atoms with Crippen molar-refractivity contribution in [3.8, 4) is 0 Å². The molecule has 4 nitrogen and oxygen atoms in total. The van der Waals surface area contributed by atoms with E-state index < -0.39 is 0 Å². The second-order valence-electron chi connectivity index (χ2n) is 5.45. The highest BCUT2D eigenvalue weighted by atomic mass is 16.3. The van der Waals surface area contributed by atoms with Gasteiger partial charge in [0.05, 0.1) is 12.8 Å². The normalized spacial score (nSPS) is 11.1. The number of aryl methyl sites for hydroxylation is 1. The standard InChI is InChI=1S/C16H23N3O/c1-12(2)17-10-14-8-13(3)18-16(9-14)19(4)11-15-6-5-7-20-15/h5-9,12,17H,10-11H2,1-4H3. The molecule has 0 fully saturated rings. The van der Waals surface area contributed by atoms with Gasteiger partial charge in [0.1, 0.15) is 11.6 Å². The van der Waals surface area contributed by atoms with Crippen molar-refractivity contribution < 1.29 is 4.42 Å². The van der Waals surface area contributed by atoms with E-state index in [0.717, 1.165) is 30.4 Å². The first-order valence-corrected chi connectivity index (χ1v) is 6.99. The van der Waals surface area contributed by atoms with Gasteiger partial charge in [-0.25, -0.2) is 4.98 Å². The number of furan rings is 1. The van der Waals surface area contributed by atoms with E-state index in [4.69, 9.17) is 4.42 Å². The third kappa shape index (κ3) is 4.10. The van der Waals surface area contributed by atoms with E-state index in [2.05, 4.69) is 41.2 Å². The average Bonchev–Trinajstić information content (AvgIpc) is 2.88. The van der Waals surface area contributed by atoms with Gasteiger partial charge in [-0.1, -0.05) is 13.8 Å². The molecule has 4 heteroatoms. The third-order valence-corrected chi connectivity index (χ3v) is 3.08. The monoisotopic (exact) mass is 273 g/mol. The number of hydrogen-bond acceptors (Lipinski definition) is 4. The quantitative estimate of drug-likeness (QED) is 0.878. The van der Waals surface area contributed by atoms with Gasteiger partial charge < -0.3 is 14.6 Å². The fourth-order valence-corrected chi connectivity index (χ4v) is 2.06. The van der Waals surface area contributed by atoms with E-state index in [1.807, 2.05) is 26.1 Å². The van der Waals surface area contributed by atoms with Crippen molar-refractivity contribution in [3.05, 3.63) is 47.5 Å². The Hall–Kier alpha value is -1.81. The van der Waals surface area contributed by atoms with Crippen LogP contribution in [0.4, 0.5) is 5.82 Å². The zero-order valence-electron chi connectivity index (χ0n) is 12.7. The van der Waals surface area contributed by atoms with Gasteiger partial charge in [0.2, 0.25) is 0 Å². The summed E-state index contributed by atoms with van der Waals surface area (Å²) in [6.45, 7) is 7.92. The fourth-order valence-electron chi connectivity index (χ4n) is 2.06. The number of aromatic nitrogens is 1. The summed E-state index contributed by atoms with van der Waals surface area (Å²) in [5.41, 5.74) is 2.29. The van der Waals surface area contributed by atoms with Crippen LogP contribution in [0.25, 0.3) is 0 Å². The Morgan fingerprint density at radius 3 is 2.80 bits per heavy atom.